The molecule has 0 radical (unpaired) electrons. The molecule has 0 aliphatic carbocycles. The van der Waals surface area contributed by atoms with Gasteiger partial charge in [0.25, 0.3) is 0 Å². The fourth-order valence-corrected chi connectivity index (χ4v) is 3.92. The van der Waals surface area contributed by atoms with Crippen LogP contribution in [0.5, 0.6) is 0 Å². The summed E-state index contributed by atoms with van der Waals surface area (Å²) in [6, 6.07) is 11.3. The molecule has 3 aromatic rings. The molecule has 0 aliphatic heterocycles. The average Bonchev–Trinajstić information content (AvgIpc) is 3.31. The van der Waals surface area contributed by atoms with E-state index in [-0.39, 0.29) is 24.8 Å². The first-order valence-electron chi connectivity index (χ1n) is 8.64. The number of nitrogens with one attached hydrogen (secondary N) is 1. The summed E-state index contributed by atoms with van der Waals surface area (Å²) >= 11 is 2.99. The third kappa shape index (κ3) is 5.02. The van der Waals surface area contributed by atoms with Crippen LogP contribution in [0.15, 0.2) is 51.1 Å². The number of carbonyl (C=O) groups is 2. The Morgan fingerprint density at radius 2 is 2.04 bits per heavy atom. The number of hydrogen-bond donors (Lipinski definition) is 1. The van der Waals surface area contributed by atoms with Crippen molar-refractivity contribution >= 4 is 40.6 Å². The van der Waals surface area contributed by atoms with Crippen molar-refractivity contribution in [3.8, 4) is 10.8 Å². The second-order valence-corrected chi connectivity index (χ2v) is 7.94. The molecule has 28 heavy (non-hydrogen) atoms. The van der Waals surface area contributed by atoms with E-state index >= 15 is 0 Å². The van der Waals surface area contributed by atoms with Gasteiger partial charge in [0.2, 0.25) is 11.8 Å². The van der Waals surface area contributed by atoms with Crippen molar-refractivity contribution in [2.45, 2.75) is 18.2 Å². The van der Waals surface area contributed by atoms with Gasteiger partial charge in [-0.1, -0.05) is 12.1 Å². The Morgan fingerprint density at radius 3 is 2.75 bits per heavy atom. The SMILES string of the molecule is CSc1ccccc1NC(=O)CN(C)C(=O)Cc1csc(-c2ccc(C)o2)n1. The maximum absolute atomic E-state index is 12.5. The third-order valence-corrected chi connectivity index (χ3v) is 5.72. The third-order valence-electron chi connectivity index (χ3n) is 4.02. The largest absolute Gasteiger partial charge is 0.459 e. The lowest BCUT2D eigenvalue weighted by molar-refractivity contribution is -0.132. The second-order valence-electron chi connectivity index (χ2n) is 6.23. The molecule has 0 fully saturated rings. The number of likely N-dealkylation sites (N-methyl/N-ethyl adjacent to an activating group) is 1. The fourth-order valence-electron chi connectivity index (χ4n) is 2.58. The lowest BCUT2D eigenvalue weighted by atomic mass is 10.3. The van der Waals surface area contributed by atoms with Crippen LogP contribution >= 0.6 is 23.1 Å². The van der Waals surface area contributed by atoms with Crippen LogP contribution in [0.25, 0.3) is 10.8 Å². The Kier molecular flexibility index (Phi) is 6.53. The van der Waals surface area contributed by atoms with Gasteiger partial charge in [-0.25, -0.2) is 4.98 Å². The highest BCUT2D eigenvalue weighted by atomic mass is 32.2. The first kappa shape index (κ1) is 20.2. The van der Waals surface area contributed by atoms with Crippen molar-refractivity contribution < 1.29 is 14.0 Å². The Balaban J connectivity index is 1.56. The highest BCUT2D eigenvalue weighted by Gasteiger charge is 2.17. The van der Waals surface area contributed by atoms with E-state index in [1.54, 1.807) is 18.8 Å². The van der Waals surface area contributed by atoms with E-state index in [1.807, 2.05) is 55.0 Å². The number of rotatable bonds is 7. The summed E-state index contributed by atoms with van der Waals surface area (Å²) in [4.78, 5) is 31.6. The van der Waals surface area contributed by atoms with E-state index in [9.17, 15) is 9.59 Å². The highest BCUT2D eigenvalue weighted by molar-refractivity contribution is 7.98. The fraction of sp³-hybridized carbons (Fsp3) is 0.250. The first-order chi connectivity index (χ1) is 13.5. The molecule has 0 unspecified atom stereocenters. The number of aryl methyl sites for hydroxylation is 1. The van der Waals surface area contributed by atoms with Gasteiger partial charge in [-0.2, -0.15) is 0 Å². The molecule has 0 saturated heterocycles. The van der Waals surface area contributed by atoms with Gasteiger partial charge in [-0.3, -0.25) is 9.59 Å². The number of thioether (sulfide) groups is 1. The summed E-state index contributed by atoms with van der Waals surface area (Å²) in [6.07, 6.45) is 2.09. The lowest BCUT2D eigenvalue weighted by Gasteiger charge is -2.17. The maximum Gasteiger partial charge on any atom is 0.244 e. The van der Waals surface area contributed by atoms with E-state index in [0.29, 0.717) is 11.5 Å². The summed E-state index contributed by atoms with van der Waals surface area (Å²) in [5.74, 6) is 1.11. The van der Waals surface area contributed by atoms with Crippen molar-refractivity contribution in [3.63, 3.8) is 0 Å². The summed E-state index contributed by atoms with van der Waals surface area (Å²) in [5.41, 5.74) is 1.41. The van der Waals surface area contributed by atoms with Crippen LogP contribution in [0.2, 0.25) is 0 Å². The summed E-state index contributed by atoms with van der Waals surface area (Å²) in [6.45, 7) is 1.86. The van der Waals surface area contributed by atoms with Gasteiger partial charge in [-0.15, -0.1) is 23.1 Å². The summed E-state index contributed by atoms with van der Waals surface area (Å²) in [5, 5.41) is 5.44. The van der Waals surface area contributed by atoms with Crippen molar-refractivity contribution in [2.24, 2.45) is 0 Å². The molecule has 1 N–H and O–H groups in total. The normalized spacial score (nSPS) is 10.7. The van der Waals surface area contributed by atoms with Crippen LogP contribution in [0, 0.1) is 6.92 Å². The lowest BCUT2D eigenvalue weighted by Crippen LogP contribution is -2.35. The number of para-hydroxylation sites is 1. The minimum absolute atomic E-state index is 0.0179. The molecule has 0 atom stereocenters. The molecule has 2 amide bonds. The van der Waals surface area contributed by atoms with Crippen LogP contribution in [-0.2, 0) is 16.0 Å². The van der Waals surface area contributed by atoms with Gasteiger partial charge in [0.15, 0.2) is 10.8 Å². The number of hydrogen-bond acceptors (Lipinski definition) is 6. The summed E-state index contributed by atoms with van der Waals surface area (Å²) < 4.78 is 5.56. The quantitative estimate of drug-likeness (QED) is 0.589. The number of aromatic nitrogens is 1. The molecule has 2 aromatic heterocycles. The zero-order valence-corrected chi connectivity index (χ0v) is 17.5. The van der Waals surface area contributed by atoms with Crippen molar-refractivity contribution in [1.29, 1.82) is 0 Å². The highest BCUT2D eigenvalue weighted by Crippen LogP contribution is 2.26. The Hall–Kier alpha value is -2.58. The van der Waals surface area contributed by atoms with Crippen molar-refractivity contribution in [1.82, 2.24) is 9.88 Å². The molecule has 0 spiro atoms. The molecular formula is C20H21N3O3S2. The van der Waals surface area contributed by atoms with Crippen LogP contribution in [-0.4, -0.2) is 41.5 Å². The molecule has 3 rings (SSSR count). The first-order valence-corrected chi connectivity index (χ1v) is 10.7. The average molecular weight is 416 g/mol. The Labute approximate surface area is 172 Å². The molecule has 146 valence electrons. The standard InChI is InChI=1S/C20H21N3O3S2/c1-13-8-9-16(26-13)20-21-14(12-28-20)10-19(25)23(2)11-18(24)22-15-6-4-5-7-17(15)27-3/h4-9,12H,10-11H2,1-3H3,(H,22,24). The van der Waals surface area contributed by atoms with Crippen LogP contribution in [0.4, 0.5) is 5.69 Å². The minimum Gasteiger partial charge on any atom is -0.459 e. The topological polar surface area (TPSA) is 75.4 Å². The van der Waals surface area contributed by atoms with Gasteiger partial charge < -0.3 is 14.6 Å². The number of amides is 2. The number of furan rings is 1. The molecule has 0 saturated carbocycles. The number of benzene rings is 1. The van der Waals surface area contributed by atoms with E-state index < -0.39 is 0 Å². The molecule has 8 heteroatoms. The van der Waals surface area contributed by atoms with Gasteiger partial charge in [0.05, 0.1) is 24.3 Å². The van der Waals surface area contributed by atoms with Crippen molar-refractivity contribution in [3.05, 3.63) is 53.2 Å². The van der Waals surface area contributed by atoms with E-state index in [1.165, 1.54) is 16.2 Å². The van der Waals surface area contributed by atoms with Crippen LogP contribution in [0.1, 0.15) is 11.5 Å². The van der Waals surface area contributed by atoms with Crippen LogP contribution in [0.3, 0.4) is 0 Å². The van der Waals surface area contributed by atoms with Crippen molar-refractivity contribution in [2.75, 3.05) is 25.2 Å². The molecule has 6 nitrogen and oxygen atoms in total. The molecule has 2 heterocycles. The predicted molar refractivity (Wildman–Crippen MR) is 113 cm³/mol. The number of carbonyl (C=O) groups excluding carboxylic acids is 2. The number of nitrogens with zero attached hydrogens (tertiary/aromatic N) is 2. The Bertz CT molecular complexity index is 980. The van der Waals surface area contributed by atoms with Crippen LogP contribution < -0.4 is 5.32 Å². The molecule has 0 bridgehead atoms. The smallest absolute Gasteiger partial charge is 0.244 e. The number of thiazole rings is 1. The van der Waals surface area contributed by atoms with Gasteiger partial charge in [-0.05, 0) is 37.4 Å². The zero-order valence-electron chi connectivity index (χ0n) is 15.9. The van der Waals surface area contributed by atoms with E-state index in [2.05, 4.69) is 10.3 Å². The van der Waals surface area contributed by atoms with Gasteiger partial charge in [0.1, 0.15) is 5.76 Å². The second kappa shape index (κ2) is 9.07. The monoisotopic (exact) mass is 415 g/mol. The molecular weight excluding hydrogens is 394 g/mol. The number of anilines is 1. The van der Waals surface area contributed by atoms with Gasteiger partial charge >= 0.3 is 0 Å². The predicted octanol–water partition coefficient (Wildman–Crippen LogP) is 4.07. The Morgan fingerprint density at radius 1 is 1.25 bits per heavy atom. The van der Waals surface area contributed by atoms with Gasteiger partial charge in [0, 0.05) is 17.3 Å². The maximum atomic E-state index is 12.5. The summed E-state index contributed by atoms with van der Waals surface area (Å²) in [7, 11) is 1.62. The minimum atomic E-state index is -0.234. The molecule has 0 aliphatic rings. The van der Waals surface area contributed by atoms with E-state index in [0.717, 1.165) is 21.4 Å². The zero-order chi connectivity index (χ0) is 20.1. The van der Waals surface area contributed by atoms with E-state index in [4.69, 9.17) is 4.42 Å². The molecule has 1 aromatic carbocycles.